The number of carbonyl (C=O) groups is 1. The van der Waals surface area contributed by atoms with Crippen LogP contribution in [0.25, 0.3) is 0 Å². The van der Waals surface area contributed by atoms with Crippen molar-refractivity contribution in [1.82, 2.24) is 15.5 Å². The van der Waals surface area contributed by atoms with Crippen molar-refractivity contribution in [2.75, 3.05) is 6.54 Å². The molecule has 0 spiro atoms. The third-order valence-corrected chi connectivity index (χ3v) is 3.26. The number of hydrogen-bond donors (Lipinski definition) is 2. The van der Waals surface area contributed by atoms with Crippen LogP contribution in [0, 0.1) is 5.41 Å². The van der Waals surface area contributed by atoms with E-state index in [2.05, 4.69) is 29.3 Å². The van der Waals surface area contributed by atoms with Gasteiger partial charge in [0.1, 0.15) is 0 Å². The Morgan fingerprint density at radius 2 is 2.10 bits per heavy atom. The maximum absolute atomic E-state index is 10.6. The highest BCUT2D eigenvalue weighted by Gasteiger charge is 2.18. The summed E-state index contributed by atoms with van der Waals surface area (Å²) in [7, 11) is 0. The Bertz CT molecular complexity index is 427. The predicted molar refractivity (Wildman–Crippen MR) is 75.4 cm³/mol. The van der Waals surface area contributed by atoms with Crippen LogP contribution in [0.1, 0.15) is 64.6 Å². The predicted octanol–water partition coefficient (Wildman–Crippen LogP) is 2.56. The number of nitrogens with one attached hydrogen (secondary N) is 1. The number of nitrogens with zero attached hydrogens (tertiary/aromatic N) is 2. The Balaban J connectivity index is 2.25. The molecule has 6 nitrogen and oxygen atoms in total. The number of carboxylic acids is 1. The molecule has 0 aliphatic carbocycles. The van der Waals surface area contributed by atoms with E-state index in [1.54, 1.807) is 0 Å². The second-order valence-electron chi connectivity index (χ2n) is 6.19. The maximum Gasteiger partial charge on any atom is 0.303 e. The van der Waals surface area contributed by atoms with Gasteiger partial charge in [-0.05, 0) is 24.8 Å². The van der Waals surface area contributed by atoms with Crippen LogP contribution in [-0.2, 0) is 11.3 Å². The van der Waals surface area contributed by atoms with Gasteiger partial charge in [0, 0.05) is 12.3 Å². The molecule has 114 valence electrons. The zero-order valence-electron chi connectivity index (χ0n) is 12.8. The van der Waals surface area contributed by atoms with Crippen LogP contribution >= 0.6 is 0 Å². The summed E-state index contributed by atoms with van der Waals surface area (Å²) in [5, 5.41) is 15.9. The molecule has 0 atom stereocenters. The maximum atomic E-state index is 10.6. The molecular weight excluding hydrogens is 258 g/mol. The molecule has 0 aliphatic rings. The molecule has 2 N–H and O–H groups in total. The van der Waals surface area contributed by atoms with Crippen LogP contribution in [0.3, 0.4) is 0 Å². The van der Waals surface area contributed by atoms with Crippen LogP contribution in [0.4, 0.5) is 0 Å². The molecule has 0 aromatic carbocycles. The van der Waals surface area contributed by atoms with Gasteiger partial charge in [0.25, 0.3) is 0 Å². The SMILES string of the molecule is CC(C)c1nc(CNCCC(C)(C)CCC(=O)O)no1. The van der Waals surface area contributed by atoms with Crippen molar-refractivity contribution in [3.8, 4) is 0 Å². The standard InChI is InChI=1S/C14H25N3O3/c1-10(2)13-16-11(17-20-13)9-15-8-7-14(3,4)6-5-12(18)19/h10,15H,5-9H2,1-4H3,(H,18,19). The lowest BCUT2D eigenvalue weighted by atomic mass is 9.84. The fraction of sp³-hybridized carbons (Fsp3) is 0.786. The van der Waals surface area contributed by atoms with E-state index in [-0.39, 0.29) is 17.8 Å². The quantitative estimate of drug-likeness (QED) is 0.677. The first kappa shape index (κ1) is 16.6. The summed E-state index contributed by atoms with van der Waals surface area (Å²) in [5.41, 5.74) is 0.0196. The molecule has 0 aliphatic heterocycles. The number of carboxylic acid groups (broad SMARTS) is 1. The first-order valence-corrected chi connectivity index (χ1v) is 7.05. The minimum absolute atomic E-state index is 0.0196. The van der Waals surface area contributed by atoms with Gasteiger partial charge in [0.15, 0.2) is 5.82 Å². The number of hydrogen-bond acceptors (Lipinski definition) is 5. The first-order chi connectivity index (χ1) is 9.30. The lowest BCUT2D eigenvalue weighted by Gasteiger charge is -2.23. The molecule has 0 radical (unpaired) electrons. The van der Waals surface area contributed by atoms with E-state index < -0.39 is 5.97 Å². The Morgan fingerprint density at radius 1 is 1.40 bits per heavy atom. The highest BCUT2D eigenvalue weighted by molar-refractivity contribution is 5.66. The second kappa shape index (κ2) is 7.38. The number of rotatable bonds is 9. The summed E-state index contributed by atoms with van der Waals surface area (Å²) in [6.45, 7) is 9.57. The fourth-order valence-electron chi connectivity index (χ4n) is 1.77. The van der Waals surface area contributed by atoms with E-state index in [1.807, 2.05) is 13.8 Å². The highest BCUT2D eigenvalue weighted by Crippen LogP contribution is 2.26. The molecule has 0 amide bonds. The highest BCUT2D eigenvalue weighted by atomic mass is 16.5. The lowest BCUT2D eigenvalue weighted by Crippen LogP contribution is -2.23. The normalized spacial score (nSPS) is 12.1. The molecule has 1 aromatic heterocycles. The van der Waals surface area contributed by atoms with Gasteiger partial charge in [-0.15, -0.1) is 0 Å². The average Bonchev–Trinajstić information content (AvgIpc) is 2.81. The van der Waals surface area contributed by atoms with Gasteiger partial charge in [0.2, 0.25) is 5.89 Å². The molecule has 0 saturated carbocycles. The molecule has 20 heavy (non-hydrogen) atoms. The molecular formula is C14H25N3O3. The number of aliphatic carboxylic acids is 1. The first-order valence-electron chi connectivity index (χ1n) is 7.05. The van der Waals surface area contributed by atoms with Crippen LogP contribution in [0.5, 0.6) is 0 Å². The van der Waals surface area contributed by atoms with Crippen molar-refractivity contribution in [2.24, 2.45) is 5.41 Å². The Kier molecular flexibility index (Phi) is 6.13. The molecule has 1 heterocycles. The fourth-order valence-corrected chi connectivity index (χ4v) is 1.77. The summed E-state index contributed by atoms with van der Waals surface area (Å²) in [6, 6.07) is 0. The molecule has 0 unspecified atom stereocenters. The van der Waals surface area contributed by atoms with Crippen LogP contribution in [-0.4, -0.2) is 27.8 Å². The van der Waals surface area contributed by atoms with Gasteiger partial charge < -0.3 is 14.9 Å². The monoisotopic (exact) mass is 283 g/mol. The van der Waals surface area contributed by atoms with Crippen molar-refractivity contribution < 1.29 is 14.4 Å². The Hall–Kier alpha value is -1.43. The Morgan fingerprint density at radius 3 is 2.65 bits per heavy atom. The largest absolute Gasteiger partial charge is 0.481 e. The summed E-state index contributed by atoms with van der Waals surface area (Å²) in [6.07, 6.45) is 1.81. The number of aromatic nitrogens is 2. The van der Waals surface area contributed by atoms with Gasteiger partial charge in [-0.1, -0.05) is 32.9 Å². The third kappa shape index (κ3) is 6.14. The van der Waals surface area contributed by atoms with E-state index in [4.69, 9.17) is 9.63 Å². The van der Waals surface area contributed by atoms with E-state index in [9.17, 15) is 4.79 Å². The van der Waals surface area contributed by atoms with Crippen LogP contribution < -0.4 is 5.32 Å². The van der Waals surface area contributed by atoms with Gasteiger partial charge in [-0.2, -0.15) is 4.98 Å². The minimum Gasteiger partial charge on any atom is -0.481 e. The molecule has 1 rings (SSSR count). The van der Waals surface area contributed by atoms with E-state index >= 15 is 0 Å². The summed E-state index contributed by atoms with van der Waals surface area (Å²) in [4.78, 5) is 14.9. The molecule has 6 heteroatoms. The third-order valence-electron chi connectivity index (χ3n) is 3.26. The summed E-state index contributed by atoms with van der Waals surface area (Å²) < 4.78 is 5.12. The van der Waals surface area contributed by atoms with Crippen molar-refractivity contribution >= 4 is 5.97 Å². The smallest absolute Gasteiger partial charge is 0.303 e. The summed E-state index contributed by atoms with van der Waals surface area (Å²) >= 11 is 0. The summed E-state index contributed by atoms with van der Waals surface area (Å²) in [5.74, 6) is 0.825. The van der Waals surface area contributed by atoms with Crippen molar-refractivity contribution in [3.63, 3.8) is 0 Å². The van der Waals surface area contributed by atoms with Gasteiger partial charge in [-0.25, -0.2) is 0 Å². The van der Waals surface area contributed by atoms with Crippen molar-refractivity contribution in [1.29, 1.82) is 0 Å². The van der Waals surface area contributed by atoms with Gasteiger partial charge in [-0.3, -0.25) is 4.79 Å². The van der Waals surface area contributed by atoms with E-state index in [0.29, 0.717) is 24.7 Å². The molecule has 0 bridgehead atoms. The van der Waals surface area contributed by atoms with E-state index in [0.717, 1.165) is 13.0 Å². The molecule has 0 saturated heterocycles. The van der Waals surface area contributed by atoms with Crippen LogP contribution in [0.2, 0.25) is 0 Å². The van der Waals surface area contributed by atoms with Gasteiger partial charge >= 0.3 is 5.97 Å². The van der Waals surface area contributed by atoms with Gasteiger partial charge in [0.05, 0.1) is 6.54 Å². The minimum atomic E-state index is -0.737. The average molecular weight is 283 g/mol. The lowest BCUT2D eigenvalue weighted by molar-refractivity contribution is -0.137. The molecule has 1 aromatic rings. The van der Waals surface area contributed by atoms with E-state index in [1.165, 1.54) is 0 Å². The Labute approximate surface area is 120 Å². The van der Waals surface area contributed by atoms with Crippen LogP contribution in [0.15, 0.2) is 4.52 Å². The second-order valence-corrected chi connectivity index (χ2v) is 6.19. The topological polar surface area (TPSA) is 88.2 Å². The van der Waals surface area contributed by atoms with Crippen molar-refractivity contribution in [2.45, 2.75) is 59.4 Å². The zero-order chi connectivity index (χ0) is 15.2. The molecule has 0 fully saturated rings. The zero-order valence-corrected chi connectivity index (χ0v) is 12.8. The van der Waals surface area contributed by atoms with Crippen molar-refractivity contribution in [3.05, 3.63) is 11.7 Å².